The van der Waals surface area contributed by atoms with E-state index < -0.39 is 7.12 Å². The van der Waals surface area contributed by atoms with Gasteiger partial charge in [0.25, 0.3) is 0 Å². The Labute approximate surface area is 123 Å². The summed E-state index contributed by atoms with van der Waals surface area (Å²) < 4.78 is 5.31. The Hall–Kier alpha value is -1.43. The summed E-state index contributed by atoms with van der Waals surface area (Å²) in [5, 5.41) is 18.4. The third kappa shape index (κ3) is 4.03. The van der Waals surface area contributed by atoms with Crippen LogP contribution in [0.25, 0.3) is 0 Å². The molecular weight excluding hydrogens is 271 g/mol. The van der Waals surface area contributed by atoms with Crippen molar-refractivity contribution in [3.05, 3.63) is 59.7 Å². The molecule has 0 unspecified atom stereocenters. The van der Waals surface area contributed by atoms with E-state index in [4.69, 9.17) is 4.74 Å². The van der Waals surface area contributed by atoms with E-state index in [1.807, 2.05) is 18.2 Å². The van der Waals surface area contributed by atoms with Crippen LogP contribution in [0.15, 0.2) is 48.5 Å². The van der Waals surface area contributed by atoms with E-state index in [0.717, 1.165) is 22.8 Å². The number of ether oxygens (including phenoxy) is 1. The molecular formula is C15H17BO3S. The van der Waals surface area contributed by atoms with Gasteiger partial charge in [0.15, 0.2) is 0 Å². The fraction of sp³-hybridized carbons (Fsp3) is 0.200. The summed E-state index contributed by atoms with van der Waals surface area (Å²) in [5.41, 5.74) is 2.73. The number of hydrogen-bond donors (Lipinski definition) is 2. The molecule has 0 bridgehead atoms. The zero-order valence-electron chi connectivity index (χ0n) is 11.3. The van der Waals surface area contributed by atoms with Gasteiger partial charge in [-0.3, -0.25) is 0 Å². The van der Waals surface area contributed by atoms with Gasteiger partial charge in [-0.05, 0) is 17.1 Å². The van der Waals surface area contributed by atoms with Crippen molar-refractivity contribution in [1.29, 1.82) is 0 Å². The van der Waals surface area contributed by atoms with Gasteiger partial charge in [-0.15, -0.1) is 0 Å². The summed E-state index contributed by atoms with van der Waals surface area (Å²) in [4.78, 5) is 0. The number of thioether (sulfide) groups is 1. The molecule has 2 aromatic rings. The molecule has 2 N–H and O–H groups in total. The van der Waals surface area contributed by atoms with Crippen LogP contribution in [0.1, 0.15) is 11.1 Å². The van der Waals surface area contributed by atoms with Gasteiger partial charge >= 0.3 is 7.12 Å². The Morgan fingerprint density at radius 2 is 1.80 bits per heavy atom. The first-order valence-corrected chi connectivity index (χ1v) is 7.51. The highest BCUT2D eigenvalue weighted by Gasteiger charge is 2.13. The fourth-order valence-corrected chi connectivity index (χ4v) is 2.90. The highest BCUT2D eigenvalue weighted by Crippen LogP contribution is 2.24. The fourth-order valence-electron chi connectivity index (χ4n) is 1.92. The average molecular weight is 288 g/mol. The molecule has 5 heteroatoms. The monoisotopic (exact) mass is 288 g/mol. The van der Waals surface area contributed by atoms with Crippen LogP contribution in [0, 0.1) is 0 Å². The van der Waals surface area contributed by atoms with E-state index in [2.05, 4.69) is 12.1 Å². The third-order valence-electron chi connectivity index (χ3n) is 2.97. The van der Waals surface area contributed by atoms with Crippen molar-refractivity contribution in [3.8, 4) is 5.75 Å². The van der Waals surface area contributed by atoms with E-state index in [0.29, 0.717) is 5.46 Å². The van der Waals surface area contributed by atoms with Crippen molar-refractivity contribution in [2.45, 2.75) is 11.5 Å². The first-order valence-electron chi connectivity index (χ1n) is 6.35. The van der Waals surface area contributed by atoms with E-state index in [9.17, 15) is 10.0 Å². The summed E-state index contributed by atoms with van der Waals surface area (Å²) in [6.45, 7) is 0. The number of hydrogen-bond acceptors (Lipinski definition) is 4. The van der Waals surface area contributed by atoms with Gasteiger partial charge in [-0.2, -0.15) is 11.8 Å². The maximum atomic E-state index is 9.22. The van der Waals surface area contributed by atoms with Gasteiger partial charge in [0, 0.05) is 17.1 Å². The second-order valence-corrected chi connectivity index (χ2v) is 5.41. The minimum atomic E-state index is -1.45. The van der Waals surface area contributed by atoms with Crippen molar-refractivity contribution in [2.75, 3.05) is 7.11 Å². The molecule has 0 spiro atoms. The standard InChI is InChI=1S/C15H17BO3S/c1-19-15-8-7-14(16(17)18)9-13(15)11-20-10-12-5-3-2-4-6-12/h2-9,17-18H,10-11H2,1H3. The van der Waals surface area contributed by atoms with Gasteiger partial charge in [-0.1, -0.05) is 42.5 Å². The molecule has 0 heterocycles. The molecule has 2 rings (SSSR count). The van der Waals surface area contributed by atoms with E-state index in [1.54, 1.807) is 37.1 Å². The highest BCUT2D eigenvalue weighted by atomic mass is 32.2. The zero-order valence-corrected chi connectivity index (χ0v) is 12.1. The second kappa shape index (κ2) is 7.38. The van der Waals surface area contributed by atoms with Crippen molar-refractivity contribution in [2.24, 2.45) is 0 Å². The lowest BCUT2D eigenvalue weighted by molar-refractivity contribution is 0.410. The summed E-state index contributed by atoms with van der Waals surface area (Å²) >= 11 is 1.77. The normalized spacial score (nSPS) is 10.3. The molecule has 0 aliphatic carbocycles. The Morgan fingerprint density at radius 1 is 1.05 bits per heavy atom. The molecule has 0 aromatic heterocycles. The minimum absolute atomic E-state index is 0.487. The topological polar surface area (TPSA) is 49.7 Å². The molecule has 0 saturated carbocycles. The molecule has 3 nitrogen and oxygen atoms in total. The summed E-state index contributed by atoms with van der Waals surface area (Å²) in [6, 6.07) is 15.5. The number of benzene rings is 2. The van der Waals surface area contributed by atoms with Crippen molar-refractivity contribution >= 4 is 24.3 Å². The van der Waals surface area contributed by atoms with Crippen LogP contribution in [-0.2, 0) is 11.5 Å². The Kier molecular flexibility index (Phi) is 5.53. The van der Waals surface area contributed by atoms with Crippen molar-refractivity contribution < 1.29 is 14.8 Å². The van der Waals surface area contributed by atoms with Crippen LogP contribution in [0.3, 0.4) is 0 Å². The summed E-state index contributed by atoms with van der Waals surface area (Å²) in [5.74, 6) is 2.45. The van der Waals surface area contributed by atoms with Crippen LogP contribution in [0.5, 0.6) is 5.75 Å². The maximum absolute atomic E-state index is 9.22. The van der Waals surface area contributed by atoms with Crippen LogP contribution >= 0.6 is 11.8 Å². The molecule has 0 radical (unpaired) electrons. The zero-order chi connectivity index (χ0) is 14.4. The molecule has 104 valence electrons. The Bertz CT molecular complexity index is 546. The molecule has 20 heavy (non-hydrogen) atoms. The Balaban J connectivity index is 2.02. The number of methoxy groups -OCH3 is 1. The van der Waals surface area contributed by atoms with Gasteiger partial charge < -0.3 is 14.8 Å². The predicted molar refractivity (Wildman–Crippen MR) is 84.3 cm³/mol. The number of rotatable bonds is 6. The lowest BCUT2D eigenvalue weighted by Crippen LogP contribution is -2.30. The van der Waals surface area contributed by atoms with E-state index >= 15 is 0 Å². The lowest BCUT2D eigenvalue weighted by atomic mass is 9.79. The van der Waals surface area contributed by atoms with Crippen LogP contribution in [0.4, 0.5) is 0 Å². The van der Waals surface area contributed by atoms with Crippen LogP contribution < -0.4 is 10.2 Å². The van der Waals surface area contributed by atoms with Gasteiger partial charge in [-0.25, -0.2) is 0 Å². The van der Waals surface area contributed by atoms with Crippen LogP contribution in [0.2, 0.25) is 0 Å². The molecule has 2 aromatic carbocycles. The molecule has 0 aliphatic rings. The largest absolute Gasteiger partial charge is 0.496 e. The minimum Gasteiger partial charge on any atom is -0.496 e. The second-order valence-electron chi connectivity index (χ2n) is 4.42. The quantitative estimate of drug-likeness (QED) is 0.796. The summed E-state index contributed by atoms with van der Waals surface area (Å²) in [7, 11) is 0.175. The maximum Gasteiger partial charge on any atom is 0.488 e. The van der Waals surface area contributed by atoms with Crippen LogP contribution in [-0.4, -0.2) is 24.3 Å². The Morgan fingerprint density at radius 3 is 2.45 bits per heavy atom. The molecule has 0 atom stereocenters. The SMILES string of the molecule is COc1ccc(B(O)O)cc1CSCc1ccccc1. The third-order valence-corrected chi connectivity index (χ3v) is 4.02. The van der Waals surface area contributed by atoms with Gasteiger partial charge in [0.05, 0.1) is 7.11 Å². The smallest absolute Gasteiger partial charge is 0.488 e. The summed E-state index contributed by atoms with van der Waals surface area (Å²) in [6.07, 6.45) is 0. The van der Waals surface area contributed by atoms with Gasteiger partial charge in [0.1, 0.15) is 5.75 Å². The average Bonchev–Trinajstić information content (AvgIpc) is 2.48. The molecule has 0 saturated heterocycles. The molecule has 0 aliphatic heterocycles. The van der Waals surface area contributed by atoms with Gasteiger partial charge in [0.2, 0.25) is 0 Å². The first kappa shape index (κ1) is 15.0. The highest BCUT2D eigenvalue weighted by molar-refractivity contribution is 7.97. The van der Waals surface area contributed by atoms with Crippen molar-refractivity contribution in [3.63, 3.8) is 0 Å². The molecule has 0 fully saturated rings. The van der Waals surface area contributed by atoms with E-state index in [-0.39, 0.29) is 0 Å². The molecule has 0 amide bonds. The van der Waals surface area contributed by atoms with Crippen molar-refractivity contribution in [1.82, 2.24) is 0 Å². The first-order chi connectivity index (χ1) is 9.70. The van der Waals surface area contributed by atoms with E-state index in [1.165, 1.54) is 5.56 Å². The predicted octanol–water partition coefficient (Wildman–Crippen LogP) is 1.81. The lowest BCUT2D eigenvalue weighted by Gasteiger charge is -2.10.